The molecular weight excluding hydrogens is 276 g/mol. The first kappa shape index (κ1) is 16.8. The number of nitrogens with zero attached hydrogens (tertiary/aromatic N) is 1. The normalized spacial score (nSPS) is 12.7. The van der Waals surface area contributed by atoms with Crippen LogP contribution in [-0.4, -0.2) is 37.7 Å². The van der Waals surface area contributed by atoms with Gasteiger partial charge in [0, 0.05) is 24.3 Å². The third kappa shape index (κ3) is 4.38. The van der Waals surface area contributed by atoms with Crippen LogP contribution in [0.4, 0.5) is 5.69 Å². The van der Waals surface area contributed by atoms with Crippen molar-refractivity contribution in [2.24, 2.45) is 0 Å². The fourth-order valence-electron chi connectivity index (χ4n) is 1.61. The van der Waals surface area contributed by atoms with Crippen LogP contribution in [0.25, 0.3) is 0 Å². The van der Waals surface area contributed by atoms with Crippen LogP contribution in [0.15, 0.2) is 24.3 Å². The van der Waals surface area contributed by atoms with Gasteiger partial charge in [-0.1, -0.05) is 13.0 Å². The summed E-state index contributed by atoms with van der Waals surface area (Å²) in [5.41, 5.74) is 5.83. The van der Waals surface area contributed by atoms with E-state index in [9.17, 15) is 8.42 Å². The molecule has 0 aliphatic rings. The maximum atomic E-state index is 12.2. The average molecular weight is 300 g/mol. The lowest BCUT2D eigenvalue weighted by Gasteiger charge is -2.33. The lowest BCUT2D eigenvalue weighted by Crippen LogP contribution is -2.46. The van der Waals surface area contributed by atoms with Crippen LogP contribution in [0.1, 0.15) is 27.2 Å². The largest absolute Gasteiger partial charge is 0.492 e. The van der Waals surface area contributed by atoms with Crippen LogP contribution in [0.2, 0.25) is 0 Å². The Morgan fingerprint density at radius 3 is 2.55 bits per heavy atom. The fraction of sp³-hybridized carbons (Fsp3) is 0.571. The molecule has 114 valence electrons. The molecule has 0 amide bonds. The number of sulfonamides is 1. The summed E-state index contributed by atoms with van der Waals surface area (Å²) in [5, 5.41) is 0. The number of anilines is 1. The predicted octanol–water partition coefficient (Wildman–Crippen LogP) is 2.10. The second-order valence-corrected chi connectivity index (χ2v) is 7.49. The highest BCUT2D eigenvalue weighted by Gasteiger charge is 2.31. The molecule has 1 aromatic rings. The molecule has 1 aromatic carbocycles. The molecule has 6 heteroatoms. The van der Waals surface area contributed by atoms with Gasteiger partial charge in [-0.25, -0.2) is 8.42 Å². The maximum Gasteiger partial charge on any atom is 0.217 e. The Bertz CT molecular complexity index is 541. The second kappa shape index (κ2) is 6.45. The Morgan fingerprint density at radius 2 is 2.00 bits per heavy atom. The highest BCUT2D eigenvalue weighted by molar-refractivity contribution is 7.89. The molecule has 0 radical (unpaired) electrons. The quantitative estimate of drug-likeness (QED) is 0.783. The van der Waals surface area contributed by atoms with Crippen molar-refractivity contribution in [3.05, 3.63) is 24.3 Å². The molecule has 0 fully saturated rings. The van der Waals surface area contributed by atoms with Gasteiger partial charge in [0.05, 0.1) is 5.75 Å². The van der Waals surface area contributed by atoms with E-state index in [0.717, 1.165) is 6.42 Å². The third-order valence-corrected chi connectivity index (χ3v) is 5.61. The molecule has 20 heavy (non-hydrogen) atoms. The van der Waals surface area contributed by atoms with Gasteiger partial charge in [-0.2, -0.15) is 4.31 Å². The second-order valence-electron chi connectivity index (χ2n) is 5.37. The highest BCUT2D eigenvalue weighted by atomic mass is 32.2. The van der Waals surface area contributed by atoms with Crippen LogP contribution in [0.3, 0.4) is 0 Å². The maximum absolute atomic E-state index is 12.2. The molecule has 0 saturated carbocycles. The molecule has 0 bridgehead atoms. The molecule has 0 aliphatic heterocycles. The minimum absolute atomic E-state index is 0.0538. The molecular formula is C14H24N2O3S. The molecule has 2 N–H and O–H groups in total. The average Bonchev–Trinajstić information content (AvgIpc) is 2.37. The van der Waals surface area contributed by atoms with Gasteiger partial charge in [0.1, 0.15) is 12.4 Å². The van der Waals surface area contributed by atoms with Crippen LogP contribution < -0.4 is 10.5 Å². The zero-order valence-corrected chi connectivity index (χ0v) is 13.4. The van der Waals surface area contributed by atoms with Crippen molar-refractivity contribution in [2.75, 3.05) is 25.1 Å². The van der Waals surface area contributed by atoms with Gasteiger partial charge in [0.2, 0.25) is 10.0 Å². The van der Waals surface area contributed by atoms with Crippen molar-refractivity contribution in [3.63, 3.8) is 0 Å². The number of benzene rings is 1. The van der Waals surface area contributed by atoms with Crippen molar-refractivity contribution < 1.29 is 13.2 Å². The van der Waals surface area contributed by atoms with E-state index in [0.29, 0.717) is 11.4 Å². The Balaban J connectivity index is 2.60. The molecule has 0 aromatic heterocycles. The number of hydrogen-bond acceptors (Lipinski definition) is 4. The van der Waals surface area contributed by atoms with Crippen LogP contribution in [-0.2, 0) is 10.0 Å². The van der Waals surface area contributed by atoms with E-state index in [1.165, 1.54) is 4.31 Å². The first-order chi connectivity index (χ1) is 9.19. The minimum atomic E-state index is -3.33. The van der Waals surface area contributed by atoms with Gasteiger partial charge in [0.15, 0.2) is 0 Å². The molecule has 0 aliphatic carbocycles. The lowest BCUT2D eigenvalue weighted by molar-refractivity contribution is 0.253. The first-order valence-corrected chi connectivity index (χ1v) is 8.25. The Hall–Kier alpha value is -1.27. The molecule has 0 heterocycles. The molecule has 0 unspecified atom stereocenters. The summed E-state index contributed by atoms with van der Waals surface area (Å²) in [6, 6.07) is 6.95. The fourth-order valence-corrected chi connectivity index (χ4v) is 3.06. The van der Waals surface area contributed by atoms with Crippen molar-refractivity contribution in [1.29, 1.82) is 0 Å². The van der Waals surface area contributed by atoms with Crippen molar-refractivity contribution in [1.82, 2.24) is 4.31 Å². The van der Waals surface area contributed by atoms with Gasteiger partial charge < -0.3 is 10.5 Å². The summed E-state index contributed by atoms with van der Waals surface area (Å²) in [6.07, 6.45) is 0.749. The summed E-state index contributed by atoms with van der Waals surface area (Å²) in [6.45, 7) is 5.89. The Labute approximate surface area is 121 Å². The van der Waals surface area contributed by atoms with Gasteiger partial charge in [-0.15, -0.1) is 0 Å². The number of nitrogens with two attached hydrogens (primary N) is 1. The van der Waals surface area contributed by atoms with E-state index in [2.05, 4.69) is 0 Å². The smallest absolute Gasteiger partial charge is 0.217 e. The van der Waals surface area contributed by atoms with Gasteiger partial charge in [-0.3, -0.25) is 0 Å². The summed E-state index contributed by atoms with van der Waals surface area (Å²) < 4.78 is 31.3. The lowest BCUT2D eigenvalue weighted by atomic mass is 10.0. The zero-order chi connectivity index (χ0) is 15.4. The predicted molar refractivity (Wildman–Crippen MR) is 82.3 cm³/mol. The standard InChI is InChI=1S/C14H24N2O3S/c1-5-14(2,3)16(4)20(17,18)10-9-19-13-8-6-7-12(15)11-13/h6-8,11H,5,9-10,15H2,1-4H3. The monoisotopic (exact) mass is 300 g/mol. The third-order valence-electron chi connectivity index (χ3n) is 3.60. The Morgan fingerprint density at radius 1 is 1.35 bits per heavy atom. The molecule has 0 atom stereocenters. The summed E-state index contributed by atoms with van der Waals surface area (Å²) >= 11 is 0. The molecule has 1 rings (SSSR count). The van der Waals surface area contributed by atoms with Crippen molar-refractivity contribution >= 4 is 15.7 Å². The van der Waals surface area contributed by atoms with E-state index < -0.39 is 15.6 Å². The zero-order valence-electron chi connectivity index (χ0n) is 12.6. The number of hydrogen-bond donors (Lipinski definition) is 1. The minimum Gasteiger partial charge on any atom is -0.492 e. The van der Waals surface area contributed by atoms with Crippen molar-refractivity contribution in [2.45, 2.75) is 32.7 Å². The number of rotatable bonds is 7. The molecule has 5 nitrogen and oxygen atoms in total. The summed E-state index contributed by atoms with van der Waals surface area (Å²) in [4.78, 5) is 0. The highest BCUT2D eigenvalue weighted by Crippen LogP contribution is 2.20. The van der Waals surface area contributed by atoms with E-state index >= 15 is 0 Å². The van der Waals surface area contributed by atoms with E-state index in [4.69, 9.17) is 10.5 Å². The van der Waals surface area contributed by atoms with Crippen LogP contribution in [0, 0.1) is 0 Å². The van der Waals surface area contributed by atoms with E-state index in [-0.39, 0.29) is 12.4 Å². The molecule has 0 saturated heterocycles. The van der Waals surface area contributed by atoms with Crippen molar-refractivity contribution in [3.8, 4) is 5.75 Å². The van der Waals surface area contributed by atoms with Gasteiger partial charge in [-0.05, 0) is 32.4 Å². The summed E-state index contributed by atoms with van der Waals surface area (Å²) in [5.74, 6) is 0.527. The summed E-state index contributed by atoms with van der Waals surface area (Å²) in [7, 11) is -1.72. The Kier molecular flexibility index (Phi) is 5.42. The van der Waals surface area contributed by atoms with Crippen LogP contribution >= 0.6 is 0 Å². The molecule has 0 spiro atoms. The van der Waals surface area contributed by atoms with Crippen LogP contribution in [0.5, 0.6) is 5.75 Å². The number of nitrogen functional groups attached to an aromatic ring is 1. The van der Waals surface area contributed by atoms with Gasteiger partial charge >= 0.3 is 0 Å². The number of ether oxygens (including phenoxy) is 1. The van der Waals surface area contributed by atoms with Gasteiger partial charge in [0.25, 0.3) is 0 Å². The SMILES string of the molecule is CCC(C)(C)N(C)S(=O)(=O)CCOc1cccc(N)c1. The topological polar surface area (TPSA) is 72.6 Å². The first-order valence-electron chi connectivity index (χ1n) is 6.64. The van der Waals surface area contributed by atoms with E-state index in [1.807, 2.05) is 20.8 Å². The van der Waals surface area contributed by atoms with E-state index in [1.54, 1.807) is 31.3 Å².